The maximum absolute atomic E-state index is 12.5. The van der Waals surface area contributed by atoms with Gasteiger partial charge in [-0.25, -0.2) is 9.97 Å². The lowest BCUT2D eigenvalue weighted by Crippen LogP contribution is -2.45. The second-order valence-electron chi connectivity index (χ2n) is 5.84. The molecule has 0 radical (unpaired) electrons. The first-order valence-corrected chi connectivity index (χ1v) is 8.81. The van der Waals surface area contributed by atoms with Crippen molar-refractivity contribution in [3.63, 3.8) is 0 Å². The van der Waals surface area contributed by atoms with Crippen LogP contribution in [0.15, 0.2) is 36.5 Å². The van der Waals surface area contributed by atoms with Gasteiger partial charge in [-0.05, 0) is 38.0 Å². The lowest BCUT2D eigenvalue weighted by Gasteiger charge is -2.33. The Morgan fingerprint density at radius 1 is 1.32 bits per heavy atom. The molecule has 3 rings (SSSR count). The minimum Gasteiger partial charge on any atom is -0.478 e. The van der Waals surface area contributed by atoms with Gasteiger partial charge in [0.25, 0.3) is 5.91 Å². The summed E-state index contributed by atoms with van der Waals surface area (Å²) in [6.45, 7) is 4.05. The number of hydrogen-bond donors (Lipinski definition) is 1. The number of carbonyl (C=O) groups is 1. The van der Waals surface area contributed by atoms with Gasteiger partial charge in [-0.15, -0.1) is 0 Å². The fourth-order valence-corrected chi connectivity index (χ4v) is 3.05. The highest BCUT2D eigenvalue weighted by Crippen LogP contribution is 2.20. The summed E-state index contributed by atoms with van der Waals surface area (Å²) in [5.41, 5.74) is 0.208. The van der Waals surface area contributed by atoms with Gasteiger partial charge in [0.1, 0.15) is 5.82 Å². The molecule has 0 bridgehead atoms. The summed E-state index contributed by atoms with van der Waals surface area (Å²) in [7, 11) is 0. The van der Waals surface area contributed by atoms with Crippen molar-refractivity contribution in [2.45, 2.75) is 25.8 Å². The average Bonchev–Trinajstić information content (AvgIpc) is 2.65. The number of nitrogens with one attached hydrogen (secondary N) is 1. The number of ether oxygens (including phenoxy) is 1. The van der Waals surface area contributed by atoms with Gasteiger partial charge in [-0.3, -0.25) is 4.79 Å². The van der Waals surface area contributed by atoms with E-state index in [4.69, 9.17) is 16.3 Å². The van der Waals surface area contributed by atoms with Crippen LogP contribution in [0.2, 0.25) is 5.02 Å². The minimum absolute atomic E-state index is 0.0982. The van der Waals surface area contributed by atoms with Gasteiger partial charge in [0.2, 0.25) is 5.88 Å². The zero-order valence-electron chi connectivity index (χ0n) is 14.1. The molecule has 25 heavy (non-hydrogen) atoms. The van der Waals surface area contributed by atoms with Crippen LogP contribution >= 0.6 is 11.6 Å². The Morgan fingerprint density at radius 2 is 2.12 bits per heavy atom. The van der Waals surface area contributed by atoms with Crippen LogP contribution in [0.4, 0.5) is 5.82 Å². The molecule has 7 heteroatoms. The number of anilines is 1. The van der Waals surface area contributed by atoms with E-state index in [0.717, 1.165) is 31.7 Å². The first-order valence-electron chi connectivity index (χ1n) is 8.43. The highest BCUT2D eigenvalue weighted by molar-refractivity contribution is 6.33. The Bertz CT molecular complexity index is 718. The topological polar surface area (TPSA) is 67.3 Å². The van der Waals surface area contributed by atoms with Crippen molar-refractivity contribution in [1.29, 1.82) is 0 Å². The fourth-order valence-electron chi connectivity index (χ4n) is 2.86. The largest absolute Gasteiger partial charge is 0.478 e. The molecule has 1 aliphatic heterocycles. The smallest absolute Gasteiger partial charge is 0.271 e. The summed E-state index contributed by atoms with van der Waals surface area (Å²) in [6.07, 6.45) is 3.50. The molecule has 1 saturated heterocycles. The molecular weight excluding hydrogens is 340 g/mol. The van der Waals surface area contributed by atoms with E-state index in [1.807, 2.05) is 25.1 Å². The zero-order valence-corrected chi connectivity index (χ0v) is 14.9. The molecule has 1 fully saturated rings. The normalized spacial score (nSPS) is 15.0. The van der Waals surface area contributed by atoms with Crippen LogP contribution in [-0.2, 0) is 0 Å². The maximum atomic E-state index is 12.5. The first kappa shape index (κ1) is 17.5. The second kappa shape index (κ2) is 8.16. The summed E-state index contributed by atoms with van der Waals surface area (Å²) in [5.74, 6) is 1.12. The van der Waals surface area contributed by atoms with E-state index < -0.39 is 0 Å². The van der Waals surface area contributed by atoms with E-state index in [9.17, 15) is 4.79 Å². The molecule has 2 aromatic rings. The zero-order chi connectivity index (χ0) is 17.6. The van der Waals surface area contributed by atoms with Gasteiger partial charge in [0, 0.05) is 31.4 Å². The highest BCUT2D eigenvalue weighted by atomic mass is 35.5. The molecule has 1 amide bonds. The van der Waals surface area contributed by atoms with Gasteiger partial charge in [-0.1, -0.05) is 17.7 Å². The third-order valence-electron chi connectivity index (χ3n) is 4.13. The molecule has 1 N–H and O–H groups in total. The van der Waals surface area contributed by atoms with Crippen molar-refractivity contribution in [3.8, 4) is 5.88 Å². The van der Waals surface area contributed by atoms with Crippen LogP contribution in [0.5, 0.6) is 5.88 Å². The Labute approximate surface area is 152 Å². The van der Waals surface area contributed by atoms with E-state index in [1.165, 1.54) is 0 Å². The lowest BCUT2D eigenvalue weighted by molar-refractivity contribution is 0.0925. The highest BCUT2D eigenvalue weighted by Gasteiger charge is 2.23. The third kappa shape index (κ3) is 4.39. The van der Waals surface area contributed by atoms with Crippen molar-refractivity contribution in [2.75, 3.05) is 24.6 Å². The molecule has 0 spiro atoms. The fraction of sp³-hybridized carbons (Fsp3) is 0.389. The van der Waals surface area contributed by atoms with E-state index in [2.05, 4.69) is 20.2 Å². The van der Waals surface area contributed by atoms with Crippen molar-refractivity contribution in [3.05, 3.63) is 47.2 Å². The van der Waals surface area contributed by atoms with E-state index in [-0.39, 0.29) is 17.6 Å². The first-order chi connectivity index (χ1) is 12.2. The number of amides is 1. The van der Waals surface area contributed by atoms with Crippen LogP contribution < -0.4 is 15.0 Å². The Kier molecular flexibility index (Phi) is 5.71. The van der Waals surface area contributed by atoms with Crippen LogP contribution in [-0.4, -0.2) is 41.6 Å². The number of halogens is 1. The molecule has 0 saturated carbocycles. The number of piperidine rings is 1. The number of nitrogens with zero attached hydrogens (tertiary/aromatic N) is 3. The molecule has 6 nitrogen and oxygen atoms in total. The molecule has 2 aromatic heterocycles. The van der Waals surface area contributed by atoms with Crippen LogP contribution in [0.3, 0.4) is 0 Å². The summed E-state index contributed by atoms with van der Waals surface area (Å²) in [6, 6.07) is 9.29. The summed E-state index contributed by atoms with van der Waals surface area (Å²) < 4.78 is 5.34. The molecule has 0 unspecified atom stereocenters. The molecular formula is C18H21ClN4O2. The quantitative estimate of drug-likeness (QED) is 0.888. The van der Waals surface area contributed by atoms with Gasteiger partial charge >= 0.3 is 0 Å². The molecule has 132 valence electrons. The molecule has 0 atom stereocenters. The standard InChI is InChI=1S/C18H21ClN4O2/c1-2-25-16-7-6-14(19)17(22-16)18(24)21-13-8-11-23(12-9-13)15-5-3-4-10-20-15/h3-7,10,13H,2,8-9,11-12H2,1H3,(H,21,24). The Balaban J connectivity index is 1.58. The van der Waals surface area contributed by atoms with Crippen LogP contribution in [0, 0.1) is 0 Å². The van der Waals surface area contributed by atoms with Crippen molar-refractivity contribution in [2.24, 2.45) is 0 Å². The number of pyridine rings is 2. The predicted octanol–water partition coefficient (Wildman–Crippen LogP) is 2.93. The van der Waals surface area contributed by atoms with Gasteiger partial charge in [0.05, 0.1) is 11.6 Å². The monoisotopic (exact) mass is 360 g/mol. The minimum atomic E-state index is -0.261. The lowest BCUT2D eigenvalue weighted by atomic mass is 10.0. The number of hydrogen-bond acceptors (Lipinski definition) is 5. The molecule has 3 heterocycles. The maximum Gasteiger partial charge on any atom is 0.271 e. The van der Waals surface area contributed by atoms with Gasteiger partial charge in [0.15, 0.2) is 5.69 Å². The van der Waals surface area contributed by atoms with Crippen molar-refractivity contribution >= 4 is 23.3 Å². The van der Waals surface area contributed by atoms with Gasteiger partial charge in [-0.2, -0.15) is 0 Å². The third-order valence-corrected chi connectivity index (χ3v) is 4.44. The summed E-state index contributed by atoms with van der Waals surface area (Å²) in [4.78, 5) is 23.3. The summed E-state index contributed by atoms with van der Waals surface area (Å²) >= 11 is 6.12. The Hall–Kier alpha value is -2.34. The molecule has 1 aliphatic rings. The van der Waals surface area contributed by atoms with Crippen molar-refractivity contribution < 1.29 is 9.53 Å². The molecule has 0 aromatic carbocycles. The second-order valence-corrected chi connectivity index (χ2v) is 6.24. The van der Waals surface area contributed by atoms with E-state index in [1.54, 1.807) is 18.3 Å². The predicted molar refractivity (Wildman–Crippen MR) is 97.4 cm³/mol. The van der Waals surface area contributed by atoms with Crippen LogP contribution in [0.1, 0.15) is 30.3 Å². The van der Waals surface area contributed by atoms with E-state index >= 15 is 0 Å². The van der Waals surface area contributed by atoms with E-state index in [0.29, 0.717) is 17.5 Å². The van der Waals surface area contributed by atoms with Crippen molar-refractivity contribution in [1.82, 2.24) is 15.3 Å². The number of aromatic nitrogens is 2. The summed E-state index contributed by atoms with van der Waals surface area (Å²) in [5, 5.41) is 3.35. The van der Waals surface area contributed by atoms with Gasteiger partial charge < -0.3 is 15.0 Å². The number of carbonyl (C=O) groups excluding carboxylic acids is 1. The molecule has 0 aliphatic carbocycles. The SMILES string of the molecule is CCOc1ccc(Cl)c(C(=O)NC2CCN(c3ccccn3)CC2)n1. The Morgan fingerprint density at radius 3 is 2.80 bits per heavy atom. The average molecular weight is 361 g/mol. The van der Waals surface area contributed by atoms with Crippen LogP contribution in [0.25, 0.3) is 0 Å². The number of rotatable bonds is 5.